The third-order valence-corrected chi connectivity index (χ3v) is 5.87. The van der Waals surface area contributed by atoms with Gasteiger partial charge in [0.15, 0.2) is 0 Å². The lowest BCUT2D eigenvalue weighted by Crippen LogP contribution is -2.42. The summed E-state index contributed by atoms with van der Waals surface area (Å²) in [7, 11) is 1.61. The zero-order chi connectivity index (χ0) is 21.3. The highest BCUT2D eigenvalue weighted by molar-refractivity contribution is 5.95. The van der Waals surface area contributed by atoms with Crippen LogP contribution in [-0.4, -0.2) is 61.5 Å². The largest absolute Gasteiger partial charge is 0.469 e. The number of benzene rings is 1. The number of hydrogen-bond acceptors (Lipinski definition) is 4. The van der Waals surface area contributed by atoms with E-state index < -0.39 is 0 Å². The number of amides is 2. The van der Waals surface area contributed by atoms with Gasteiger partial charge in [0.25, 0.3) is 5.91 Å². The summed E-state index contributed by atoms with van der Waals surface area (Å²) in [6, 6.07) is 12.2. The van der Waals surface area contributed by atoms with E-state index in [0.717, 1.165) is 32.4 Å². The Morgan fingerprint density at radius 3 is 2.50 bits per heavy atom. The molecule has 0 unspecified atom stereocenters. The first-order valence-corrected chi connectivity index (χ1v) is 10.7. The average Bonchev–Trinajstić information content (AvgIpc) is 3.20. The molecule has 1 fully saturated rings. The van der Waals surface area contributed by atoms with Crippen LogP contribution in [-0.2, 0) is 16.0 Å². The third-order valence-electron chi connectivity index (χ3n) is 5.87. The summed E-state index contributed by atoms with van der Waals surface area (Å²) in [6.45, 7) is 4.63. The molecule has 0 bridgehead atoms. The fourth-order valence-electron chi connectivity index (χ4n) is 4.02. The lowest BCUT2D eigenvalue weighted by Gasteiger charge is -2.33. The van der Waals surface area contributed by atoms with Crippen LogP contribution in [0.3, 0.4) is 0 Å². The maximum absolute atomic E-state index is 12.8. The number of rotatable bonds is 9. The average molecular weight is 413 g/mol. The molecule has 6 heteroatoms. The minimum absolute atomic E-state index is 0.118. The van der Waals surface area contributed by atoms with Gasteiger partial charge in [-0.2, -0.15) is 0 Å². The number of nitrogens with zero attached hydrogens (tertiary/aromatic N) is 2. The smallest absolute Gasteiger partial charge is 0.257 e. The highest BCUT2D eigenvalue weighted by Crippen LogP contribution is 2.22. The number of carbonyl (C=O) groups excluding carboxylic acids is 2. The predicted octanol–water partition coefficient (Wildman–Crippen LogP) is 3.55. The Labute approximate surface area is 178 Å². The normalized spacial score (nSPS) is 14.7. The van der Waals surface area contributed by atoms with E-state index in [4.69, 9.17) is 9.15 Å². The molecule has 30 heavy (non-hydrogen) atoms. The molecule has 1 aliphatic rings. The van der Waals surface area contributed by atoms with Crippen LogP contribution in [0, 0.1) is 12.8 Å². The molecule has 2 heterocycles. The van der Waals surface area contributed by atoms with Crippen molar-refractivity contribution in [3.05, 3.63) is 59.5 Å². The molecule has 0 atom stereocenters. The highest BCUT2D eigenvalue weighted by atomic mass is 16.5. The Hall–Kier alpha value is -2.60. The van der Waals surface area contributed by atoms with Crippen molar-refractivity contribution in [1.29, 1.82) is 0 Å². The topological polar surface area (TPSA) is 63.0 Å². The fraction of sp³-hybridized carbons (Fsp3) is 0.500. The Morgan fingerprint density at radius 2 is 1.87 bits per heavy atom. The first-order chi connectivity index (χ1) is 14.6. The second-order valence-electron chi connectivity index (χ2n) is 7.94. The number of ether oxygens (including phenoxy) is 1. The Morgan fingerprint density at radius 1 is 1.13 bits per heavy atom. The van der Waals surface area contributed by atoms with Crippen molar-refractivity contribution in [2.75, 3.05) is 39.9 Å². The van der Waals surface area contributed by atoms with Crippen molar-refractivity contribution < 1.29 is 18.7 Å². The number of piperidine rings is 1. The Balaban J connectivity index is 1.48. The Bertz CT molecular complexity index is 810. The number of hydrogen-bond donors (Lipinski definition) is 0. The minimum Gasteiger partial charge on any atom is -0.469 e. The second kappa shape index (κ2) is 11.0. The molecule has 0 saturated carbocycles. The minimum atomic E-state index is -0.118. The molecular weight excluding hydrogens is 380 g/mol. The molecule has 1 saturated heterocycles. The van der Waals surface area contributed by atoms with Gasteiger partial charge in [-0.3, -0.25) is 9.59 Å². The van der Waals surface area contributed by atoms with Crippen molar-refractivity contribution >= 4 is 11.8 Å². The van der Waals surface area contributed by atoms with Crippen LogP contribution in [0.15, 0.2) is 47.1 Å². The van der Waals surface area contributed by atoms with E-state index in [1.807, 2.05) is 11.0 Å². The first kappa shape index (κ1) is 22.1. The summed E-state index contributed by atoms with van der Waals surface area (Å²) in [5, 5.41) is 0. The molecular formula is C24H32N2O4. The van der Waals surface area contributed by atoms with Gasteiger partial charge in [-0.1, -0.05) is 30.3 Å². The lowest BCUT2D eigenvalue weighted by atomic mass is 9.90. The van der Waals surface area contributed by atoms with Gasteiger partial charge in [-0.25, -0.2) is 0 Å². The van der Waals surface area contributed by atoms with Gasteiger partial charge in [0.1, 0.15) is 5.76 Å². The molecule has 2 aromatic rings. The van der Waals surface area contributed by atoms with Gasteiger partial charge in [0.05, 0.1) is 18.4 Å². The van der Waals surface area contributed by atoms with Crippen LogP contribution >= 0.6 is 0 Å². The van der Waals surface area contributed by atoms with Crippen LogP contribution in [0.5, 0.6) is 0 Å². The zero-order valence-corrected chi connectivity index (χ0v) is 18.0. The van der Waals surface area contributed by atoms with Crippen molar-refractivity contribution in [1.82, 2.24) is 9.80 Å². The third kappa shape index (κ3) is 5.95. The van der Waals surface area contributed by atoms with Gasteiger partial charge in [-0.05, 0) is 43.7 Å². The van der Waals surface area contributed by atoms with Crippen LogP contribution in [0.1, 0.15) is 40.9 Å². The van der Waals surface area contributed by atoms with Crippen LogP contribution in [0.4, 0.5) is 0 Å². The number of likely N-dealkylation sites (tertiary alicyclic amines) is 1. The van der Waals surface area contributed by atoms with Crippen molar-refractivity contribution in [3.8, 4) is 0 Å². The molecule has 3 rings (SSSR count). The van der Waals surface area contributed by atoms with Crippen molar-refractivity contribution in [3.63, 3.8) is 0 Å². The van der Waals surface area contributed by atoms with Crippen LogP contribution in [0.2, 0.25) is 0 Å². The van der Waals surface area contributed by atoms with Gasteiger partial charge >= 0.3 is 0 Å². The Kier molecular flexibility index (Phi) is 8.08. The number of furan rings is 1. The molecule has 0 N–H and O–H groups in total. The second-order valence-corrected chi connectivity index (χ2v) is 7.94. The zero-order valence-electron chi connectivity index (χ0n) is 18.0. The molecule has 1 aromatic carbocycles. The summed E-state index contributed by atoms with van der Waals surface area (Å²) in [6.07, 6.45) is 4.98. The van der Waals surface area contributed by atoms with Gasteiger partial charge in [0, 0.05) is 39.7 Å². The van der Waals surface area contributed by atoms with E-state index in [1.54, 1.807) is 25.0 Å². The van der Waals surface area contributed by atoms with E-state index in [2.05, 4.69) is 24.3 Å². The van der Waals surface area contributed by atoms with E-state index in [1.165, 1.54) is 11.8 Å². The lowest BCUT2D eigenvalue weighted by molar-refractivity contribution is -0.132. The van der Waals surface area contributed by atoms with Gasteiger partial charge < -0.3 is 19.0 Å². The maximum Gasteiger partial charge on any atom is 0.257 e. The SMILES string of the molecule is COCCN(CCC(=O)N1CCC(Cc2ccccc2)CC1)C(=O)c1ccoc1C. The summed E-state index contributed by atoms with van der Waals surface area (Å²) < 4.78 is 10.4. The van der Waals surface area contributed by atoms with Crippen molar-refractivity contribution in [2.24, 2.45) is 5.92 Å². The summed E-state index contributed by atoms with van der Waals surface area (Å²) >= 11 is 0. The fourth-order valence-corrected chi connectivity index (χ4v) is 4.02. The van der Waals surface area contributed by atoms with Gasteiger partial charge in [-0.15, -0.1) is 0 Å². The molecule has 1 aromatic heterocycles. The molecule has 1 aliphatic heterocycles. The molecule has 6 nitrogen and oxygen atoms in total. The molecule has 0 aliphatic carbocycles. The van der Waals surface area contributed by atoms with Crippen LogP contribution in [0.25, 0.3) is 0 Å². The monoisotopic (exact) mass is 412 g/mol. The summed E-state index contributed by atoms with van der Waals surface area (Å²) in [5.41, 5.74) is 1.91. The van der Waals surface area contributed by atoms with E-state index >= 15 is 0 Å². The first-order valence-electron chi connectivity index (χ1n) is 10.7. The molecule has 162 valence electrons. The highest BCUT2D eigenvalue weighted by Gasteiger charge is 2.25. The summed E-state index contributed by atoms with van der Waals surface area (Å²) in [5.74, 6) is 1.22. The predicted molar refractivity (Wildman–Crippen MR) is 115 cm³/mol. The molecule has 0 radical (unpaired) electrons. The van der Waals surface area contributed by atoms with Gasteiger partial charge in [0.2, 0.25) is 5.91 Å². The molecule has 2 amide bonds. The number of aryl methyl sites for hydroxylation is 1. The van der Waals surface area contributed by atoms with E-state index in [-0.39, 0.29) is 11.8 Å². The quantitative estimate of drug-likeness (QED) is 0.632. The maximum atomic E-state index is 12.8. The standard InChI is InChI=1S/C24H32N2O4/c1-19-22(11-16-30-19)24(28)26(15-17-29-2)14-10-23(27)25-12-8-21(9-13-25)18-20-6-4-3-5-7-20/h3-7,11,16,21H,8-10,12-15,17-18H2,1-2H3. The van der Waals surface area contributed by atoms with Crippen molar-refractivity contribution in [2.45, 2.75) is 32.6 Å². The van der Waals surface area contributed by atoms with E-state index in [0.29, 0.717) is 43.4 Å². The molecule has 0 spiro atoms. The number of carbonyl (C=O) groups is 2. The van der Waals surface area contributed by atoms with Crippen LogP contribution < -0.4 is 0 Å². The van der Waals surface area contributed by atoms with E-state index in [9.17, 15) is 9.59 Å². The number of methoxy groups -OCH3 is 1. The summed E-state index contributed by atoms with van der Waals surface area (Å²) in [4.78, 5) is 29.2.